The molecule has 0 radical (unpaired) electrons. The van der Waals surface area contributed by atoms with E-state index in [0.29, 0.717) is 25.8 Å². The number of halogens is 1. The Hall–Kier alpha value is -0.950. The maximum absolute atomic E-state index is 13.9. The third-order valence-electron chi connectivity index (χ3n) is 13.5. The molecule has 1 amide bonds. The molecule has 0 spiro atoms. The Kier molecular flexibility index (Phi) is 14.7. The van der Waals surface area contributed by atoms with Crippen molar-refractivity contribution in [1.29, 1.82) is 0 Å². The maximum Gasteiger partial charge on any atom is 0.252 e. The van der Waals surface area contributed by atoms with Gasteiger partial charge in [0.2, 0.25) is 0 Å². The van der Waals surface area contributed by atoms with Crippen LogP contribution in [-0.2, 0) is 9.59 Å². The number of amides is 1. The number of allylic oxidation sites excluding steroid dienone is 1. The maximum atomic E-state index is 13.9. The van der Waals surface area contributed by atoms with Crippen LogP contribution in [0.2, 0.25) is 0 Å². The quantitative estimate of drug-likeness (QED) is 0.149. The Morgan fingerprint density at radius 3 is 2.09 bits per heavy atom. The lowest BCUT2D eigenvalue weighted by Gasteiger charge is -2.60. The first kappa shape index (κ1) is 39.5. The van der Waals surface area contributed by atoms with E-state index in [1.54, 1.807) is 0 Å². The zero-order valence-electron chi connectivity index (χ0n) is 30.2. The highest BCUT2D eigenvalue weighted by Gasteiger charge is 2.68. The number of likely N-dealkylation sites (N-methyl/N-ethyl adjacent to an activating group) is 1. The third kappa shape index (κ3) is 8.43. The Labute approximate surface area is 287 Å². The average molecular weight is 665 g/mol. The number of carbonyl (C=O) groups excluding carboxylic acids is 2. The molecule has 0 aromatic heterocycles. The highest BCUT2D eigenvalue weighted by Crippen LogP contribution is 2.67. The van der Waals surface area contributed by atoms with Crippen LogP contribution in [0.4, 0.5) is 0 Å². The number of nitrogens with one attached hydrogen (secondary N) is 1. The van der Waals surface area contributed by atoms with Crippen molar-refractivity contribution in [2.45, 2.75) is 161 Å². The van der Waals surface area contributed by atoms with E-state index in [4.69, 9.17) is 0 Å². The SMILES string of the molecule is CCCCCCCC[N+](C)(CCCCCCCC)CCNC(=O)[C@@]1(O)CC[C@H]2[C@@H]3CCC4=CC(=O)CC[C@]4(C)[C@H]3[C@@H](O)C[C@@]21C.[Cl-]. The molecule has 0 saturated heterocycles. The fourth-order valence-corrected chi connectivity index (χ4v) is 10.5. The van der Waals surface area contributed by atoms with Gasteiger partial charge in [-0.05, 0) is 93.5 Å². The number of aliphatic hydroxyl groups excluding tert-OH is 1. The molecular weight excluding hydrogens is 596 g/mol. The van der Waals surface area contributed by atoms with E-state index in [1.807, 2.05) is 6.08 Å². The molecule has 0 aromatic carbocycles. The summed E-state index contributed by atoms with van der Waals surface area (Å²) < 4.78 is 0.986. The molecule has 0 aromatic rings. The van der Waals surface area contributed by atoms with Gasteiger partial charge in [0.1, 0.15) is 5.60 Å². The second kappa shape index (κ2) is 17.1. The van der Waals surface area contributed by atoms with Gasteiger partial charge in [0, 0.05) is 11.8 Å². The van der Waals surface area contributed by atoms with E-state index in [-0.39, 0.29) is 47.3 Å². The van der Waals surface area contributed by atoms with Gasteiger partial charge in [0.25, 0.3) is 5.91 Å². The molecule has 7 atom stereocenters. The molecular formula is C39H69ClN2O4. The molecule has 7 heteroatoms. The number of carbonyl (C=O) groups is 2. The number of rotatable bonds is 18. The van der Waals surface area contributed by atoms with Crippen molar-refractivity contribution < 1.29 is 36.7 Å². The predicted octanol–water partition coefficient (Wildman–Crippen LogP) is 4.51. The number of ketones is 1. The van der Waals surface area contributed by atoms with Crippen LogP contribution in [0.3, 0.4) is 0 Å². The van der Waals surface area contributed by atoms with Crippen LogP contribution in [0.25, 0.3) is 0 Å². The molecule has 0 heterocycles. The molecule has 0 unspecified atom stereocenters. The number of quaternary nitrogens is 1. The Morgan fingerprint density at radius 1 is 0.891 bits per heavy atom. The summed E-state index contributed by atoms with van der Waals surface area (Å²) in [6.07, 6.45) is 21.8. The number of fused-ring (bicyclic) bond motifs is 5. The zero-order valence-corrected chi connectivity index (χ0v) is 30.9. The van der Waals surface area contributed by atoms with Crippen LogP contribution >= 0.6 is 0 Å². The van der Waals surface area contributed by atoms with E-state index < -0.39 is 17.1 Å². The Morgan fingerprint density at radius 2 is 1.48 bits per heavy atom. The minimum Gasteiger partial charge on any atom is -1.00 e. The van der Waals surface area contributed by atoms with E-state index in [2.05, 4.69) is 40.1 Å². The van der Waals surface area contributed by atoms with Crippen LogP contribution in [0, 0.1) is 28.6 Å². The van der Waals surface area contributed by atoms with Gasteiger partial charge in [-0.2, -0.15) is 0 Å². The van der Waals surface area contributed by atoms with Gasteiger partial charge in [0.05, 0.1) is 39.3 Å². The van der Waals surface area contributed by atoms with E-state index >= 15 is 0 Å². The summed E-state index contributed by atoms with van der Waals surface area (Å²) in [5.74, 6) is 0.562. The van der Waals surface area contributed by atoms with Crippen molar-refractivity contribution in [2.24, 2.45) is 28.6 Å². The first-order chi connectivity index (χ1) is 21.4. The van der Waals surface area contributed by atoms with Crippen molar-refractivity contribution in [3.8, 4) is 0 Å². The first-order valence-electron chi connectivity index (χ1n) is 19.2. The topological polar surface area (TPSA) is 86.6 Å². The Bertz CT molecular complexity index is 1020. The smallest absolute Gasteiger partial charge is 0.252 e. The lowest BCUT2D eigenvalue weighted by molar-refractivity contribution is -0.908. The summed E-state index contributed by atoms with van der Waals surface area (Å²) in [6.45, 7) is 12.6. The standard InChI is InChI=1S/C39H68N2O4.ClH/c1-6-8-10-12-14-16-25-41(5,26-17-15-13-11-9-7-2)27-24-40-36(44)39(45)23-21-33-32-19-18-30-28-31(42)20-22-37(30,3)35(32)34(43)29-38(33,39)4;/h28,32-35,43,45H,6-27,29H2,1-5H3;1H/t32-,33-,34-,35+,37-,38-,39-;/m0./s1. The number of hydrogen-bond acceptors (Lipinski definition) is 4. The minimum atomic E-state index is -1.45. The first-order valence-corrected chi connectivity index (χ1v) is 19.2. The summed E-state index contributed by atoms with van der Waals surface area (Å²) >= 11 is 0. The summed E-state index contributed by atoms with van der Waals surface area (Å²) in [5, 5.41) is 27.1. The van der Waals surface area contributed by atoms with Crippen molar-refractivity contribution >= 4 is 11.7 Å². The molecule has 4 aliphatic rings. The molecule has 46 heavy (non-hydrogen) atoms. The normalized spacial score (nSPS) is 33.8. The summed E-state index contributed by atoms with van der Waals surface area (Å²) in [4.78, 5) is 26.2. The van der Waals surface area contributed by atoms with Crippen molar-refractivity contribution in [1.82, 2.24) is 5.32 Å². The van der Waals surface area contributed by atoms with Crippen LogP contribution < -0.4 is 17.7 Å². The van der Waals surface area contributed by atoms with Crippen molar-refractivity contribution in [3.63, 3.8) is 0 Å². The zero-order chi connectivity index (χ0) is 32.7. The van der Waals surface area contributed by atoms with E-state index in [1.165, 1.54) is 82.6 Å². The summed E-state index contributed by atoms with van der Waals surface area (Å²) in [7, 11) is 2.37. The highest BCUT2D eigenvalue weighted by molar-refractivity contribution is 5.91. The Balaban J connectivity index is 0.00000576. The van der Waals surface area contributed by atoms with Crippen LogP contribution in [0.15, 0.2) is 11.6 Å². The van der Waals surface area contributed by atoms with Gasteiger partial charge in [0.15, 0.2) is 5.78 Å². The van der Waals surface area contributed by atoms with Crippen LogP contribution in [0.5, 0.6) is 0 Å². The molecule has 3 N–H and O–H groups in total. The van der Waals surface area contributed by atoms with E-state index in [9.17, 15) is 19.8 Å². The van der Waals surface area contributed by atoms with Crippen LogP contribution in [-0.4, -0.2) is 71.3 Å². The lowest BCUT2D eigenvalue weighted by atomic mass is 9.45. The molecule has 4 aliphatic carbocycles. The summed E-state index contributed by atoms with van der Waals surface area (Å²) in [6, 6.07) is 0. The second-order valence-corrected chi connectivity index (χ2v) is 16.6. The lowest BCUT2D eigenvalue weighted by Crippen LogP contribution is -3.00. The minimum absolute atomic E-state index is 0. The molecule has 266 valence electrons. The highest BCUT2D eigenvalue weighted by atomic mass is 35.5. The number of aliphatic hydroxyl groups is 2. The fourth-order valence-electron chi connectivity index (χ4n) is 10.5. The van der Waals surface area contributed by atoms with Crippen molar-refractivity contribution in [2.75, 3.05) is 33.2 Å². The van der Waals surface area contributed by atoms with Gasteiger partial charge in [-0.1, -0.05) is 84.6 Å². The monoisotopic (exact) mass is 664 g/mol. The number of nitrogens with zero attached hydrogens (tertiary/aromatic N) is 1. The molecule has 3 fully saturated rings. The predicted molar refractivity (Wildman–Crippen MR) is 184 cm³/mol. The van der Waals surface area contributed by atoms with Gasteiger partial charge < -0.3 is 32.4 Å². The van der Waals surface area contributed by atoms with Gasteiger partial charge in [-0.3, -0.25) is 9.59 Å². The van der Waals surface area contributed by atoms with Gasteiger partial charge >= 0.3 is 0 Å². The molecule has 0 aliphatic heterocycles. The third-order valence-corrected chi connectivity index (χ3v) is 13.5. The fraction of sp³-hybridized carbons (Fsp3) is 0.897. The van der Waals surface area contributed by atoms with E-state index in [0.717, 1.165) is 49.8 Å². The molecule has 6 nitrogen and oxygen atoms in total. The van der Waals surface area contributed by atoms with Crippen molar-refractivity contribution in [3.05, 3.63) is 11.6 Å². The molecule has 0 bridgehead atoms. The van der Waals surface area contributed by atoms with Crippen LogP contribution in [0.1, 0.15) is 150 Å². The van der Waals surface area contributed by atoms with Gasteiger partial charge in [-0.25, -0.2) is 0 Å². The largest absolute Gasteiger partial charge is 1.00 e. The van der Waals surface area contributed by atoms with Gasteiger partial charge in [-0.15, -0.1) is 0 Å². The second-order valence-electron chi connectivity index (χ2n) is 16.6. The average Bonchev–Trinajstić information content (AvgIpc) is 3.27. The number of hydrogen-bond donors (Lipinski definition) is 3. The number of unbranched alkanes of at least 4 members (excludes halogenated alkanes) is 10. The molecule has 3 saturated carbocycles. The molecule has 4 rings (SSSR count). The summed E-state index contributed by atoms with van der Waals surface area (Å²) in [5.41, 5.74) is -1.04.